The van der Waals surface area contributed by atoms with Gasteiger partial charge < -0.3 is 9.84 Å². The van der Waals surface area contributed by atoms with Crippen LogP contribution in [-0.4, -0.2) is 29.0 Å². The highest BCUT2D eigenvalue weighted by molar-refractivity contribution is 6.00. The molecule has 6 nitrogen and oxygen atoms in total. The minimum atomic E-state index is -0.598. The first-order valence-electron chi connectivity index (χ1n) is 5.15. The molecule has 0 heterocycles. The zero-order valence-electron chi connectivity index (χ0n) is 9.38. The van der Waals surface area contributed by atoms with E-state index < -0.39 is 4.92 Å². The fourth-order valence-corrected chi connectivity index (χ4v) is 1.34. The topological polar surface area (TPSA) is 89.7 Å². The summed E-state index contributed by atoms with van der Waals surface area (Å²) in [6.07, 6.45) is 0.185. The number of nitro groups is 1. The second kappa shape index (κ2) is 5.95. The normalized spacial score (nSPS) is 10.0. The molecule has 0 unspecified atom stereocenters. The van der Waals surface area contributed by atoms with Gasteiger partial charge >= 0.3 is 0 Å². The molecule has 0 atom stereocenters. The molecule has 0 fully saturated rings. The fraction of sp³-hybridized carbons (Fsp3) is 0.364. The van der Waals surface area contributed by atoms with E-state index >= 15 is 0 Å². The van der Waals surface area contributed by atoms with Gasteiger partial charge in [0.05, 0.1) is 17.1 Å². The van der Waals surface area contributed by atoms with Crippen molar-refractivity contribution in [3.63, 3.8) is 0 Å². The standard InChI is InChI=1S/C11H13NO5/c1-2-11(14)9-7-8(17-6-5-13)3-4-10(9)12(15)16/h3-4,7,13H,2,5-6H2,1H3. The highest BCUT2D eigenvalue weighted by Crippen LogP contribution is 2.25. The molecule has 0 aliphatic rings. The van der Waals surface area contributed by atoms with Crippen LogP contribution in [0.4, 0.5) is 5.69 Å². The molecule has 6 heteroatoms. The molecule has 1 rings (SSSR count). The minimum Gasteiger partial charge on any atom is -0.491 e. The van der Waals surface area contributed by atoms with E-state index in [9.17, 15) is 14.9 Å². The Bertz CT molecular complexity index is 430. The smallest absolute Gasteiger partial charge is 0.280 e. The number of carbonyl (C=O) groups is 1. The molecular weight excluding hydrogens is 226 g/mol. The monoisotopic (exact) mass is 239 g/mol. The van der Waals surface area contributed by atoms with Crippen molar-refractivity contribution in [2.45, 2.75) is 13.3 Å². The van der Waals surface area contributed by atoms with Crippen LogP contribution in [0.3, 0.4) is 0 Å². The Morgan fingerprint density at radius 3 is 2.76 bits per heavy atom. The molecule has 1 aromatic rings. The van der Waals surface area contributed by atoms with E-state index in [1.54, 1.807) is 6.92 Å². The van der Waals surface area contributed by atoms with Gasteiger partial charge in [0, 0.05) is 12.5 Å². The molecule has 0 aliphatic heterocycles. The summed E-state index contributed by atoms with van der Waals surface area (Å²) in [4.78, 5) is 21.7. The Labute approximate surface area is 98.0 Å². The Morgan fingerprint density at radius 1 is 1.53 bits per heavy atom. The third-order valence-electron chi connectivity index (χ3n) is 2.15. The van der Waals surface area contributed by atoms with Gasteiger partial charge in [0.25, 0.3) is 5.69 Å². The number of aliphatic hydroxyl groups is 1. The van der Waals surface area contributed by atoms with Crippen molar-refractivity contribution in [3.8, 4) is 5.75 Å². The zero-order chi connectivity index (χ0) is 12.8. The fourth-order valence-electron chi connectivity index (χ4n) is 1.34. The first-order valence-corrected chi connectivity index (χ1v) is 5.15. The molecule has 92 valence electrons. The average Bonchev–Trinajstić information content (AvgIpc) is 2.34. The lowest BCUT2D eigenvalue weighted by molar-refractivity contribution is -0.385. The zero-order valence-corrected chi connectivity index (χ0v) is 9.38. The van der Waals surface area contributed by atoms with Gasteiger partial charge in [-0.3, -0.25) is 14.9 Å². The van der Waals surface area contributed by atoms with E-state index in [4.69, 9.17) is 9.84 Å². The number of nitrogens with zero attached hydrogens (tertiary/aromatic N) is 1. The number of hydrogen-bond acceptors (Lipinski definition) is 5. The molecular formula is C11H13NO5. The predicted molar refractivity (Wildman–Crippen MR) is 60.3 cm³/mol. The molecule has 0 aromatic heterocycles. The third kappa shape index (κ3) is 3.25. The summed E-state index contributed by atoms with van der Waals surface area (Å²) in [5.41, 5.74) is -0.193. The molecule has 0 saturated heterocycles. The van der Waals surface area contributed by atoms with Crippen molar-refractivity contribution in [2.24, 2.45) is 0 Å². The van der Waals surface area contributed by atoms with Crippen LogP contribution in [-0.2, 0) is 0 Å². The van der Waals surface area contributed by atoms with Crippen LogP contribution in [0.5, 0.6) is 5.75 Å². The van der Waals surface area contributed by atoms with E-state index in [0.717, 1.165) is 0 Å². The summed E-state index contributed by atoms with van der Waals surface area (Å²) in [6, 6.07) is 3.97. The molecule has 0 amide bonds. The Hall–Kier alpha value is -1.95. The van der Waals surface area contributed by atoms with Crippen molar-refractivity contribution in [3.05, 3.63) is 33.9 Å². The SMILES string of the molecule is CCC(=O)c1cc(OCCO)ccc1[N+](=O)[O-]. The van der Waals surface area contributed by atoms with Crippen LogP contribution >= 0.6 is 0 Å². The maximum Gasteiger partial charge on any atom is 0.280 e. The van der Waals surface area contributed by atoms with Gasteiger partial charge in [0.1, 0.15) is 12.4 Å². The number of hydrogen-bond donors (Lipinski definition) is 1. The first kappa shape index (κ1) is 13.1. The molecule has 0 aliphatic carbocycles. The number of aliphatic hydroxyl groups excluding tert-OH is 1. The van der Waals surface area contributed by atoms with Crippen LogP contribution in [0, 0.1) is 10.1 Å². The molecule has 1 aromatic carbocycles. The van der Waals surface area contributed by atoms with E-state index in [0.29, 0.717) is 5.75 Å². The highest BCUT2D eigenvalue weighted by atomic mass is 16.6. The summed E-state index contributed by atoms with van der Waals surface area (Å²) in [5.74, 6) is 0.0209. The van der Waals surface area contributed by atoms with E-state index in [1.807, 2.05) is 0 Å². The molecule has 1 N–H and O–H groups in total. The van der Waals surface area contributed by atoms with Gasteiger partial charge in [-0.15, -0.1) is 0 Å². The molecule has 0 saturated carbocycles. The van der Waals surface area contributed by atoms with Crippen LogP contribution in [0.2, 0.25) is 0 Å². The van der Waals surface area contributed by atoms with E-state index in [1.165, 1.54) is 18.2 Å². The van der Waals surface area contributed by atoms with Crippen LogP contribution in [0.15, 0.2) is 18.2 Å². The second-order valence-corrected chi connectivity index (χ2v) is 3.28. The Morgan fingerprint density at radius 2 is 2.24 bits per heavy atom. The Kier molecular flexibility index (Phi) is 4.59. The second-order valence-electron chi connectivity index (χ2n) is 3.28. The molecule has 0 radical (unpaired) electrons. The van der Waals surface area contributed by atoms with Gasteiger partial charge in [-0.1, -0.05) is 6.92 Å². The lowest BCUT2D eigenvalue weighted by atomic mass is 10.1. The van der Waals surface area contributed by atoms with Gasteiger partial charge in [0.2, 0.25) is 0 Å². The number of ketones is 1. The van der Waals surface area contributed by atoms with Gasteiger partial charge in [0.15, 0.2) is 5.78 Å². The first-order chi connectivity index (χ1) is 8.10. The quantitative estimate of drug-likeness (QED) is 0.462. The van der Waals surface area contributed by atoms with Crippen LogP contribution in [0.25, 0.3) is 0 Å². The van der Waals surface area contributed by atoms with Gasteiger partial charge in [-0.05, 0) is 12.1 Å². The number of benzene rings is 1. The number of Topliss-reactive ketones (excluding diaryl/α,β-unsaturated/α-hetero) is 1. The van der Waals surface area contributed by atoms with Crippen molar-refractivity contribution < 1.29 is 19.6 Å². The third-order valence-corrected chi connectivity index (χ3v) is 2.15. The number of carbonyl (C=O) groups excluding carboxylic acids is 1. The summed E-state index contributed by atoms with van der Waals surface area (Å²) in [7, 11) is 0. The Balaban J connectivity index is 3.10. The average molecular weight is 239 g/mol. The maximum absolute atomic E-state index is 11.6. The largest absolute Gasteiger partial charge is 0.491 e. The van der Waals surface area contributed by atoms with E-state index in [-0.39, 0.29) is 36.7 Å². The van der Waals surface area contributed by atoms with Crippen LogP contribution < -0.4 is 4.74 Å². The summed E-state index contributed by atoms with van der Waals surface area (Å²) < 4.78 is 5.10. The van der Waals surface area contributed by atoms with Crippen molar-refractivity contribution in [2.75, 3.05) is 13.2 Å². The summed E-state index contributed by atoms with van der Waals surface area (Å²) in [5, 5.41) is 19.3. The minimum absolute atomic E-state index is 0.0351. The highest BCUT2D eigenvalue weighted by Gasteiger charge is 2.19. The predicted octanol–water partition coefficient (Wildman–Crippen LogP) is 1.56. The van der Waals surface area contributed by atoms with Crippen molar-refractivity contribution >= 4 is 11.5 Å². The molecule has 17 heavy (non-hydrogen) atoms. The number of rotatable bonds is 6. The summed E-state index contributed by atoms with van der Waals surface area (Å²) in [6.45, 7) is 1.55. The van der Waals surface area contributed by atoms with Crippen molar-refractivity contribution in [1.82, 2.24) is 0 Å². The number of nitro benzene ring substituents is 1. The van der Waals surface area contributed by atoms with Crippen molar-refractivity contribution in [1.29, 1.82) is 0 Å². The molecule has 0 spiro atoms. The van der Waals surface area contributed by atoms with Gasteiger partial charge in [-0.2, -0.15) is 0 Å². The van der Waals surface area contributed by atoms with Crippen LogP contribution in [0.1, 0.15) is 23.7 Å². The lowest BCUT2D eigenvalue weighted by Crippen LogP contribution is -2.05. The lowest BCUT2D eigenvalue weighted by Gasteiger charge is -2.06. The van der Waals surface area contributed by atoms with Gasteiger partial charge in [-0.25, -0.2) is 0 Å². The molecule has 0 bridgehead atoms. The van der Waals surface area contributed by atoms with E-state index in [2.05, 4.69) is 0 Å². The maximum atomic E-state index is 11.6. The summed E-state index contributed by atoms with van der Waals surface area (Å²) >= 11 is 0. The number of ether oxygens (including phenoxy) is 1.